The lowest BCUT2D eigenvalue weighted by Gasteiger charge is -2.29. The predicted molar refractivity (Wildman–Crippen MR) is 155 cm³/mol. The van der Waals surface area contributed by atoms with E-state index in [1.54, 1.807) is 24.3 Å². The first-order valence-corrected chi connectivity index (χ1v) is 15.8. The normalized spacial score (nSPS) is 24.6. The van der Waals surface area contributed by atoms with E-state index in [-0.39, 0.29) is 22.9 Å². The van der Waals surface area contributed by atoms with Crippen LogP contribution in [0.1, 0.15) is 144 Å². The largest absolute Gasteiger partial charge is 0.391 e. The molecule has 2 saturated carbocycles. The van der Waals surface area contributed by atoms with E-state index in [1.165, 1.54) is 69.6 Å². The van der Waals surface area contributed by atoms with Crippen molar-refractivity contribution in [2.45, 2.75) is 134 Å². The molecule has 4 rings (SSSR count). The van der Waals surface area contributed by atoms with Crippen molar-refractivity contribution in [2.24, 2.45) is 11.8 Å². The van der Waals surface area contributed by atoms with Crippen LogP contribution in [0.5, 0.6) is 0 Å². The molecule has 2 aromatic carbocycles. The highest BCUT2D eigenvalue weighted by Gasteiger charge is 2.43. The Kier molecular flexibility index (Phi) is 11.5. The van der Waals surface area contributed by atoms with Crippen LogP contribution in [-0.4, -0.2) is 6.11 Å². The second-order valence-electron chi connectivity index (χ2n) is 12.5. The topological polar surface area (TPSA) is 9.23 Å². The number of unbranched alkanes of at least 4 members (excludes halogenated alkanes) is 2. The van der Waals surface area contributed by atoms with Gasteiger partial charge in [-0.3, -0.25) is 0 Å². The molecule has 222 valence electrons. The summed E-state index contributed by atoms with van der Waals surface area (Å²) in [6.45, 7) is 3.88. The Morgan fingerprint density at radius 3 is 2.00 bits per heavy atom. The average molecular weight is 561 g/mol. The van der Waals surface area contributed by atoms with Gasteiger partial charge in [-0.25, -0.2) is 8.78 Å². The molecule has 0 aromatic heterocycles. The first kappa shape index (κ1) is 31.1. The van der Waals surface area contributed by atoms with Gasteiger partial charge in [0.05, 0.1) is 6.61 Å². The second-order valence-corrected chi connectivity index (χ2v) is 12.5. The van der Waals surface area contributed by atoms with Gasteiger partial charge in [0.1, 0.15) is 5.82 Å². The number of benzene rings is 2. The summed E-state index contributed by atoms with van der Waals surface area (Å²) in [5.41, 5.74) is 1.94. The third kappa shape index (κ3) is 8.33. The van der Waals surface area contributed by atoms with Crippen molar-refractivity contribution >= 4 is 0 Å². The van der Waals surface area contributed by atoms with Crippen LogP contribution in [0.15, 0.2) is 42.5 Å². The van der Waals surface area contributed by atoms with Crippen LogP contribution < -0.4 is 0 Å². The van der Waals surface area contributed by atoms with Gasteiger partial charge in [0.25, 0.3) is 0 Å². The molecule has 0 bridgehead atoms. The number of alkyl halides is 3. The highest BCUT2D eigenvalue weighted by atomic mass is 19.3. The zero-order chi connectivity index (χ0) is 28.5. The number of ether oxygens (including phenoxy) is 1. The Bertz CT molecular complexity index is 1020. The van der Waals surface area contributed by atoms with Gasteiger partial charge in [-0.05, 0) is 103 Å². The SMILES string of the molecule is CCCCCC1CCC(c2ccc(COC(F)(F)C(F)c3ccc(C4CCC(CCC)CC4)cc3)cc2F)CC1. The Morgan fingerprint density at radius 2 is 1.40 bits per heavy atom. The minimum absolute atomic E-state index is 0.0970. The summed E-state index contributed by atoms with van der Waals surface area (Å²) in [5, 5.41) is 0. The zero-order valence-corrected chi connectivity index (χ0v) is 24.5. The Balaban J connectivity index is 1.27. The molecule has 0 aliphatic heterocycles. The van der Waals surface area contributed by atoms with Gasteiger partial charge < -0.3 is 4.74 Å². The molecule has 1 nitrogen and oxygen atoms in total. The average Bonchev–Trinajstić information content (AvgIpc) is 2.97. The smallest absolute Gasteiger partial charge is 0.313 e. The van der Waals surface area contributed by atoms with Crippen LogP contribution in [0.3, 0.4) is 0 Å². The summed E-state index contributed by atoms with van der Waals surface area (Å²) in [7, 11) is 0. The number of hydrogen-bond donors (Lipinski definition) is 0. The summed E-state index contributed by atoms with van der Waals surface area (Å²) >= 11 is 0. The molecule has 2 aliphatic carbocycles. The summed E-state index contributed by atoms with van der Waals surface area (Å²) < 4.78 is 64.0. The van der Waals surface area contributed by atoms with E-state index in [4.69, 9.17) is 4.74 Å². The zero-order valence-electron chi connectivity index (χ0n) is 24.5. The van der Waals surface area contributed by atoms with Gasteiger partial charge >= 0.3 is 6.11 Å². The maximum absolute atomic E-state index is 15.0. The monoisotopic (exact) mass is 560 g/mol. The number of rotatable bonds is 13. The molecular formula is C35H48F4O. The van der Waals surface area contributed by atoms with Gasteiger partial charge in [0.2, 0.25) is 6.17 Å². The Labute approximate surface area is 239 Å². The van der Waals surface area contributed by atoms with Gasteiger partial charge in [-0.1, -0.05) is 88.8 Å². The lowest BCUT2D eigenvalue weighted by molar-refractivity contribution is -0.282. The maximum Gasteiger partial charge on any atom is 0.391 e. The molecule has 2 aromatic rings. The van der Waals surface area contributed by atoms with Crippen molar-refractivity contribution in [1.29, 1.82) is 0 Å². The van der Waals surface area contributed by atoms with Crippen LogP contribution in [0.4, 0.5) is 17.6 Å². The molecule has 0 spiro atoms. The summed E-state index contributed by atoms with van der Waals surface area (Å²) in [6.07, 6.45) is 9.63. The standard InChI is InChI=1S/C35H48F4O/c1-3-5-6-8-26-11-16-30(17-12-26)32-22-13-27(23-33(32)36)24-40-35(38,39)34(37)31-20-18-29(19-21-31)28-14-9-25(7-4-2)10-15-28/h13,18-23,25-26,28,30,34H,3-12,14-17,24H2,1-2H3. The molecule has 5 heteroatoms. The minimum atomic E-state index is -4.01. The third-order valence-corrected chi connectivity index (χ3v) is 9.54. The molecule has 0 saturated heterocycles. The molecule has 1 atom stereocenters. The molecule has 0 amide bonds. The third-order valence-electron chi connectivity index (χ3n) is 9.54. The van der Waals surface area contributed by atoms with Crippen LogP contribution in [0.2, 0.25) is 0 Å². The molecule has 2 fully saturated rings. The van der Waals surface area contributed by atoms with Gasteiger partial charge in [0, 0.05) is 0 Å². The fourth-order valence-electron chi connectivity index (χ4n) is 7.01. The van der Waals surface area contributed by atoms with Crippen LogP contribution >= 0.6 is 0 Å². The molecule has 1 unspecified atom stereocenters. The fourth-order valence-corrected chi connectivity index (χ4v) is 7.01. The molecule has 40 heavy (non-hydrogen) atoms. The molecule has 0 heterocycles. The quantitative estimate of drug-likeness (QED) is 0.175. The van der Waals surface area contributed by atoms with E-state index < -0.39 is 18.9 Å². The van der Waals surface area contributed by atoms with E-state index in [9.17, 15) is 17.6 Å². The van der Waals surface area contributed by atoms with Crippen molar-refractivity contribution in [2.75, 3.05) is 0 Å². The van der Waals surface area contributed by atoms with Crippen LogP contribution in [-0.2, 0) is 11.3 Å². The van der Waals surface area contributed by atoms with Gasteiger partial charge in [0.15, 0.2) is 0 Å². The summed E-state index contributed by atoms with van der Waals surface area (Å²) in [5.74, 6) is 1.72. The van der Waals surface area contributed by atoms with Crippen molar-refractivity contribution in [3.8, 4) is 0 Å². The second kappa shape index (κ2) is 14.8. The molecule has 0 radical (unpaired) electrons. The fraction of sp³-hybridized carbons (Fsp3) is 0.657. The highest BCUT2D eigenvalue weighted by Crippen LogP contribution is 2.41. The summed E-state index contributed by atoms with van der Waals surface area (Å²) in [4.78, 5) is 0. The van der Waals surface area contributed by atoms with Gasteiger partial charge in [-0.2, -0.15) is 8.78 Å². The summed E-state index contributed by atoms with van der Waals surface area (Å²) in [6, 6.07) is 11.1. The first-order valence-electron chi connectivity index (χ1n) is 15.8. The van der Waals surface area contributed by atoms with Crippen molar-refractivity contribution in [1.82, 2.24) is 0 Å². The lowest BCUT2D eigenvalue weighted by Crippen LogP contribution is -2.27. The Morgan fingerprint density at radius 1 is 0.775 bits per heavy atom. The van der Waals surface area contributed by atoms with E-state index in [0.717, 1.165) is 55.9 Å². The number of hydrogen-bond acceptors (Lipinski definition) is 1. The Hall–Kier alpha value is -1.88. The van der Waals surface area contributed by atoms with E-state index in [1.807, 2.05) is 0 Å². The van der Waals surface area contributed by atoms with E-state index >= 15 is 0 Å². The molecule has 2 aliphatic rings. The predicted octanol–water partition coefficient (Wildman–Crippen LogP) is 11.6. The van der Waals surface area contributed by atoms with E-state index in [2.05, 4.69) is 13.8 Å². The van der Waals surface area contributed by atoms with Crippen molar-refractivity contribution < 1.29 is 22.3 Å². The van der Waals surface area contributed by atoms with Gasteiger partial charge in [-0.15, -0.1) is 0 Å². The lowest BCUT2D eigenvalue weighted by atomic mass is 9.77. The van der Waals surface area contributed by atoms with Crippen molar-refractivity contribution in [3.05, 3.63) is 70.5 Å². The molecule has 0 N–H and O–H groups in total. The number of halogens is 4. The maximum atomic E-state index is 15.0. The first-order chi connectivity index (χ1) is 19.3. The van der Waals surface area contributed by atoms with Crippen LogP contribution in [0, 0.1) is 17.7 Å². The highest BCUT2D eigenvalue weighted by molar-refractivity contribution is 5.29. The minimum Gasteiger partial charge on any atom is -0.313 e. The molecular weight excluding hydrogens is 512 g/mol. The van der Waals surface area contributed by atoms with Crippen molar-refractivity contribution in [3.63, 3.8) is 0 Å². The van der Waals surface area contributed by atoms with E-state index in [0.29, 0.717) is 11.5 Å². The van der Waals surface area contributed by atoms with Crippen LogP contribution in [0.25, 0.3) is 0 Å².